The first-order chi connectivity index (χ1) is 14.8. The van der Waals surface area contributed by atoms with Crippen molar-refractivity contribution in [2.75, 3.05) is 0 Å². The van der Waals surface area contributed by atoms with Crippen LogP contribution in [0.3, 0.4) is 0 Å². The number of hydrogen-bond donors (Lipinski definition) is 4. The molecule has 2 heterocycles. The van der Waals surface area contributed by atoms with Crippen LogP contribution in [0.15, 0.2) is 63.2 Å². The molecule has 0 saturated carbocycles. The fourth-order valence-electron chi connectivity index (χ4n) is 3.05. The summed E-state index contributed by atoms with van der Waals surface area (Å²) in [6, 6.07) is 11.6. The molecular formula is C19H16N6O5S. The number of H-pyrrole nitrogens is 1. The number of rotatable bonds is 3. The van der Waals surface area contributed by atoms with Gasteiger partial charge >= 0.3 is 0 Å². The molecule has 158 valence electrons. The molecular weight excluding hydrogens is 424 g/mol. The highest BCUT2D eigenvalue weighted by Gasteiger charge is 2.31. The van der Waals surface area contributed by atoms with Gasteiger partial charge in [0.2, 0.25) is 0 Å². The summed E-state index contributed by atoms with van der Waals surface area (Å²) in [7, 11) is -3.73. The van der Waals surface area contributed by atoms with Gasteiger partial charge in [-0.1, -0.05) is 30.3 Å². The third-order valence-electron chi connectivity index (χ3n) is 4.58. The van der Waals surface area contributed by atoms with Crippen LogP contribution >= 0.6 is 0 Å². The number of amidine groups is 1. The number of aliphatic imine (C=N–C) groups is 1. The quantitative estimate of drug-likeness (QED) is 0.413. The molecule has 0 unspecified atom stereocenters. The van der Waals surface area contributed by atoms with Crippen molar-refractivity contribution in [2.24, 2.45) is 4.99 Å². The second-order valence-electron chi connectivity index (χ2n) is 6.65. The van der Waals surface area contributed by atoms with E-state index in [1.807, 2.05) is 0 Å². The Kier molecular flexibility index (Phi) is 4.99. The number of aromatic nitrogens is 2. The Hall–Kier alpha value is -4.06. The summed E-state index contributed by atoms with van der Waals surface area (Å²) in [5.41, 5.74) is 4.28. The topological polar surface area (TPSA) is 162 Å². The first-order valence-electron chi connectivity index (χ1n) is 9.05. The first-order valence-corrected chi connectivity index (χ1v) is 10.5. The van der Waals surface area contributed by atoms with Gasteiger partial charge < -0.3 is 0 Å². The van der Waals surface area contributed by atoms with Crippen molar-refractivity contribution in [2.45, 2.75) is 17.9 Å². The third kappa shape index (κ3) is 3.75. The van der Waals surface area contributed by atoms with Crippen LogP contribution in [0.25, 0.3) is 10.8 Å². The first kappa shape index (κ1) is 20.2. The summed E-state index contributed by atoms with van der Waals surface area (Å²) in [6.07, 6.45) is 0. The standard InChI is InChI=1S/C19H16N6O5S/c1-10(20-16-13-8-4-5-9-14(13)31(29,30)25-16)17(26)22-24-19(28)15-11-6-2-3-7-12(11)18(27)23-21-15/h2-10H,1H3,(H,20,25)(H,22,26)(H,23,27)(H,24,28)/t10-/m1/s1. The SMILES string of the molecule is C[C@@H](N=C1NS(=O)(=O)c2ccccc21)C(=O)NNC(=O)c1n[nH]c(=O)c2ccccc12. The van der Waals surface area contributed by atoms with Gasteiger partial charge in [-0.05, 0) is 25.1 Å². The maximum absolute atomic E-state index is 12.5. The van der Waals surface area contributed by atoms with Crippen LogP contribution in [0.2, 0.25) is 0 Å². The second kappa shape index (κ2) is 7.65. The molecule has 11 nitrogen and oxygen atoms in total. The maximum Gasteiger partial charge on any atom is 0.290 e. The van der Waals surface area contributed by atoms with Gasteiger partial charge in [-0.25, -0.2) is 13.5 Å². The normalized spacial score (nSPS) is 16.4. The van der Waals surface area contributed by atoms with E-state index >= 15 is 0 Å². The van der Waals surface area contributed by atoms with Crippen molar-refractivity contribution in [1.29, 1.82) is 0 Å². The number of benzene rings is 2. The van der Waals surface area contributed by atoms with Crippen LogP contribution in [0.1, 0.15) is 23.0 Å². The van der Waals surface area contributed by atoms with E-state index in [-0.39, 0.29) is 21.8 Å². The van der Waals surface area contributed by atoms with Gasteiger partial charge in [0.25, 0.3) is 27.4 Å². The average Bonchev–Trinajstić information content (AvgIpc) is 3.02. The molecule has 0 aliphatic carbocycles. The number of nitrogens with one attached hydrogen (secondary N) is 4. The van der Waals surface area contributed by atoms with Crippen molar-refractivity contribution >= 4 is 38.4 Å². The van der Waals surface area contributed by atoms with Crippen molar-refractivity contribution in [3.8, 4) is 0 Å². The van der Waals surface area contributed by atoms with E-state index < -0.39 is 33.4 Å². The Morgan fingerprint density at radius 3 is 2.48 bits per heavy atom. The molecule has 2 aromatic carbocycles. The van der Waals surface area contributed by atoms with E-state index in [0.29, 0.717) is 10.9 Å². The predicted molar refractivity (Wildman–Crippen MR) is 111 cm³/mol. The summed E-state index contributed by atoms with van der Waals surface area (Å²) in [4.78, 5) is 40.8. The van der Waals surface area contributed by atoms with Crippen LogP contribution in [-0.4, -0.2) is 42.3 Å². The van der Waals surface area contributed by atoms with Crippen molar-refractivity contribution in [3.63, 3.8) is 0 Å². The molecule has 31 heavy (non-hydrogen) atoms. The van der Waals surface area contributed by atoms with Crippen LogP contribution in [0.5, 0.6) is 0 Å². The minimum Gasteiger partial charge on any atom is -0.271 e. The molecule has 0 radical (unpaired) electrons. The Bertz CT molecular complexity index is 1410. The Balaban J connectivity index is 1.49. The molecule has 1 aliphatic rings. The number of sulfonamides is 1. The monoisotopic (exact) mass is 440 g/mol. The molecule has 1 aliphatic heterocycles. The number of carbonyl (C=O) groups excluding carboxylic acids is 2. The Morgan fingerprint density at radius 2 is 1.71 bits per heavy atom. The zero-order valence-electron chi connectivity index (χ0n) is 16.0. The van der Waals surface area contributed by atoms with Gasteiger partial charge in [-0.2, -0.15) is 5.10 Å². The molecule has 0 fully saturated rings. The lowest BCUT2D eigenvalue weighted by Gasteiger charge is -2.11. The summed E-state index contributed by atoms with van der Waals surface area (Å²) in [6.45, 7) is 1.44. The fourth-order valence-corrected chi connectivity index (χ4v) is 4.29. The molecule has 2 amide bonds. The Morgan fingerprint density at radius 1 is 1.03 bits per heavy atom. The predicted octanol–water partition coefficient (Wildman–Crippen LogP) is -0.189. The highest BCUT2D eigenvalue weighted by molar-refractivity contribution is 7.90. The molecule has 0 spiro atoms. The minimum atomic E-state index is -3.73. The van der Waals surface area contributed by atoms with Crippen molar-refractivity contribution in [1.82, 2.24) is 25.8 Å². The number of aromatic amines is 1. The zero-order chi connectivity index (χ0) is 22.2. The number of nitrogens with zero attached hydrogens (tertiary/aromatic N) is 2. The fraction of sp³-hybridized carbons (Fsp3) is 0.105. The lowest BCUT2D eigenvalue weighted by molar-refractivity contribution is -0.122. The number of hydrazine groups is 1. The van der Waals surface area contributed by atoms with Crippen LogP contribution < -0.4 is 21.1 Å². The molecule has 1 atom stereocenters. The molecule has 4 N–H and O–H groups in total. The smallest absolute Gasteiger partial charge is 0.271 e. The van der Waals surface area contributed by atoms with Gasteiger partial charge in [-0.15, -0.1) is 0 Å². The minimum absolute atomic E-state index is 0.0397. The lowest BCUT2D eigenvalue weighted by Crippen LogP contribution is -2.46. The molecule has 1 aromatic heterocycles. The highest BCUT2D eigenvalue weighted by Crippen LogP contribution is 2.22. The summed E-state index contributed by atoms with van der Waals surface area (Å²) in [5, 5.41) is 6.58. The third-order valence-corrected chi connectivity index (χ3v) is 5.97. The average molecular weight is 440 g/mol. The summed E-state index contributed by atoms with van der Waals surface area (Å²) >= 11 is 0. The number of hydrogen-bond acceptors (Lipinski definition) is 7. The maximum atomic E-state index is 12.5. The molecule has 0 bridgehead atoms. The highest BCUT2D eigenvalue weighted by atomic mass is 32.2. The molecule has 3 aromatic rings. The number of amides is 2. The summed E-state index contributed by atoms with van der Waals surface area (Å²) in [5.74, 6) is -1.39. The van der Waals surface area contributed by atoms with Gasteiger partial charge in [0.15, 0.2) is 5.69 Å². The van der Waals surface area contributed by atoms with Crippen molar-refractivity contribution in [3.05, 3.63) is 70.1 Å². The van der Waals surface area contributed by atoms with E-state index in [9.17, 15) is 22.8 Å². The zero-order valence-corrected chi connectivity index (χ0v) is 16.9. The molecule has 0 saturated heterocycles. The van der Waals surface area contributed by atoms with Gasteiger partial charge in [0.05, 0.1) is 10.3 Å². The van der Waals surface area contributed by atoms with E-state index in [2.05, 4.69) is 30.8 Å². The van der Waals surface area contributed by atoms with Crippen LogP contribution in [0.4, 0.5) is 0 Å². The van der Waals surface area contributed by atoms with Gasteiger partial charge in [0.1, 0.15) is 11.9 Å². The van der Waals surface area contributed by atoms with E-state index in [1.54, 1.807) is 42.5 Å². The number of fused-ring (bicyclic) bond motifs is 2. The van der Waals surface area contributed by atoms with Gasteiger partial charge in [-0.3, -0.25) is 34.9 Å². The van der Waals surface area contributed by atoms with Crippen LogP contribution in [0, 0.1) is 0 Å². The van der Waals surface area contributed by atoms with E-state index in [4.69, 9.17) is 0 Å². The summed E-state index contributed by atoms with van der Waals surface area (Å²) < 4.78 is 26.6. The molecule has 12 heteroatoms. The largest absolute Gasteiger partial charge is 0.290 e. The number of carbonyl (C=O) groups is 2. The molecule has 4 rings (SSSR count). The van der Waals surface area contributed by atoms with E-state index in [0.717, 1.165) is 0 Å². The van der Waals surface area contributed by atoms with Gasteiger partial charge in [0, 0.05) is 10.9 Å². The lowest BCUT2D eigenvalue weighted by atomic mass is 10.1. The second-order valence-corrected chi connectivity index (χ2v) is 8.30. The van der Waals surface area contributed by atoms with E-state index in [1.165, 1.54) is 13.0 Å². The van der Waals surface area contributed by atoms with Crippen molar-refractivity contribution < 1.29 is 18.0 Å². The Labute approximate surface area is 175 Å². The van der Waals surface area contributed by atoms with Crippen LogP contribution in [-0.2, 0) is 14.8 Å².